The highest BCUT2D eigenvalue weighted by molar-refractivity contribution is 5.89. The fourth-order valence-electron chi connectivity index (χ4n) is 8.47. The summed E-state index contributed by atoms with van der Waals surface area (Å²) in [7, 11) is 0. The minimum Gasteiger partial charge on any atom is -0.0955 e. The second kappa shape index (κ2) is 8.45. The molecule has 2 aromatic rings. The van der Waals surface area contributed by atoms with Crippen LogP contribution in [0.25, 0.3) is 17.7 Å². The number of benzene rings is 2. The van der Waals surface area contributed by atoms with Crippen LogP contribution in [0.4, 0.5) is 0 Å². The molecule has 0 aliphatic heterocycles. The van der Waals surface area contributed by atoms with E-state index < -0.39 is 0 Å². The first-order chi connectivity index (χ1) is 17.3. The second-order valence-corrected chi connectivity index (χ2v) is 12.7. The van der Waals surface area contributed by atoms with Crippen LogP contribution in [-0.4, -0.2) is 0 Å². The highest BCUT2D eigenvalue weighted by atomic mass is 14.6. The first kappa shape index (κ1) is 25.5. The van der Waals surface area contributed by atoms with Crippen molar-refractivity contribution in [2.24, 2.45) is 16.2 Å². The Morgan fingerprint density at radius 1 is 0.892 bits per heavy atom. The second-order valence-electron chi connectivity index (χ2n) is 12.7. The van der Waals surface area contributed by atoms with Crippen LogP contribution in [0.5, 0.6) is 0 Å². The van der Waals surface area contributed by atoms with Crippen molar-refractivity contribution in [2.75, 3.05) is 0 Å². The molecule has 0 spiro atoms. The zero-order valence-electron chi connectivity index (χ0n) is 23.9. The Bertz CT molecular complexity index is 1450. The molecular weight excluding hydrogens is 444 g/mol. The fraction of sp³-hybridized carbons (Fsp3) is 0.351. The van der Waals surface area contributed by atoms with Gasteiger partial charge in [0, 0.05) is 5.41 Å². The van der Waals surface area contributed by atoms with Gasteiger partial charge in [-0.1, -0.05) is 112 Å². The van der Waals surface area contributed by atoms with Crippen LogP contribution >= 0.6 is 0 Å². The summed E-state index contributed by atoms with van der Waals surface area (Å²) in [5.41, 5.74) is 15.9. The van der Waals surface area contributed by atoms with E-state index in [2.05, 4.69) is 110 Å². The molecule has 190 valence electrons. The molecule has 0 radical (unpaired) electrons. The first-order valence-electron chi connectivity index (χ1n) is 13.7. The quantitative estimate of drug-likeness (QED) is 0.378. The molecule has 0 N–H and O–H groups in total. The van der Waals surface area contributed by atoms with Crippen LogP contribution in [0.2, 0.25) is 0 Å². The Morgan fingerprint density at radius 2 is 1.57 bits per heavy atom. The average Bonchev–Trinajstić information content (AvgIpc) is 2.81. The third-order valence-electron chi connectivity index (χ3n) is 10.1. The normalized spacial score (nSPS) is 29.4. The Hall–Kier alpha value is -3.12. The summed E-state index contributed by atoms with van der Waals surface area (Å²) in [5.74, 6) is 0. The van der Waals surface area contributed by atoms with Gasteiger partial charge in [-0.05, 0) is 108 Å². The number of hydrogen-bond acceptors (Lipinski definition) is 0. The maximum Gasteiger partial charge on any atom is 0.0194 e. The van der Waals surface area contributed by atoms with Gasteiger partial charge in [0.05, 0.1) is 0 Å². The molecule has 0 nitrogen and oxygen atoms in total. The van der Waals surface area contributed by atoms with E-state index in [1.165, 1.54) is 61.3 Å². The van der Waals surface area contributed by atoms with Gasteiger partial charge >= 0.3 is 0 Å². The Labute approximate surface area is 224 Å². The summed E-state index contributed by atoms with van der Waals surface area (Å²) in [6.07, 6.45) is 7.79. The smallest absolute Gasteiger partial charge is 0.0194 e. The molecular formula is C37H42. The average molecular weight is 487 g/mol. The highest BCUT2D eigenvalue weighted by Crippen LogP contribution is 2.70. The number of rotatable bonds is 3. The van der Waals surface area contributed by atoms with Gasteiger partial charge in [-0.2, -0.15) is 0 Å². The van der Waals surface area contributed by atoms with E-state index in [0.29, 0.717) is 0 Å². The zero-order valence-corrected chi connectivity index (χ0v) is 23.9. The molecule has 0 fully saturated rings. The number of allylic oxidation sites excluding steroid dienone is 7. The molecule has 3 atom stereocenters. The first-order valence-corrected chi connectivity index (χ1v) is 13.7. The van der Waals surface area contributed by atoms with Crippen molar-refractivity contribution < 1.29 is 0 Å². The van der Waals surface area contributed by atoms with Gasteiger partial charge in [-0.3, -0.25) is 0 Å². The summed E-state index contributed by atoms with van der Waals surface area (Å²) in [6.45, 7) is 30.4. The lowest BCUT2D eigenvalue weighted by Crippen LogP contribution is -2.52. The van der Waals surface area contributed by atoms with Crippen LogP contribution in [0, 0.1) is 23.2 Å². The van der Waals surface area contributed by atoms with E-state index in [-0.39, 0.29) is 16.2 Å². The van der Waals surface area contributed by atoms with Crippen molar-refractivity contribution in [2.45, 2.75) is 67.7 Å². The molecule has 0 heteroatoms. The largest absolute Gasteiger partial charge is 0.0955 e. The standard InChI is InChI=1S/C37H42/c1-23(2)32-25(4)20-36(9)22-35(8)21-31-30(19-17-29-14-12-11-13-15-29)18-16-24(3)33(31)26(5)34(35)28(7)37(36,10)27(32)6/h11-19H,1,5-6,20-22H2,2-4,7-10H3/b19-17+/t35-,36+,37-/m1/s1. The lowest BCUT2D eigenvalue weighted by molar-refractivity contribution is 0.0544. The van der Waals surface area contributed by atoms with E-state index in [1.807, 2.05) is 0 Å². The van der Waals surface area contributed by atoms with Gasteiger partial charge in [0.15, 0.2) is 0 Å². The van der Waals surface area contributed by atoms with Crippen molar-refractivity contribution in [3.63, 3.8) is 0 Å². The third-order valence-corrected chi connectivity index (χ3v) is 10.1. The maximum atomic E-state index is 4.80. The number of hydrogen-bond donors (Lipinski definition) is 0. The molecule has 2 aromatic carbocycles. The summed E-state index contributed by atoms with van der Waals surface area (Å²) < 4.78 is 0. The minimum atomic E-state index is -0.116. The van der Waals surface area contributed by atoms with Crippen molar-refractivity contribution >= 4 is 17.7 Å². The van der Waals surface area contributed by atoms with Crippen LogP contribution < -0.4 is 0 Å². The van der Waals surface area contributed by atoms with E-state index in [1.54, 1.807) is 0 Å². The SMILES string of the molecule is C=C(C)C1=C(C)C[C@@]2(C)C[C@@]3(C)Cc4c(/C=C/c5ccccc5)ccc(C)c4C(=C)C3=C(C)[C@@]2(C)C1=C. The molecule has 37 heavy (non-hydrogen) atoms. The molecule has 0 bridgehead atoms. The molecule has 0 saturated heterocycles. The summed E-state index contributed by atoms with van der Waals surface area (Å²) >= 11 is 0. The van der Waals surface area contributed by atoms with Gasteiger partial charge in [0.25, 0.3) is 0 Å². The van der Waals surface area contributed by atoms with Crippen molar-refractivity contribution in [3.05, 3.63) is 123 Å². The van der Waals surface area contributed by atoms with Crippen molar-refractivity contribution in [1.29, 1.82) is 0 Å². The molecule has 0 saturated carbocycles. The number of aryl methyl sites for hydroxylation is 1. The topological polar surface area (TPSA) is 0 Å². The molecule has 3 aliphatic carbocycles. The Morgan fingerprint density at radius 3 is 2.22 bits per heavy atom. The van der Waals surface area contributed by atoms with Gasteiger partial charge in [-0.15, -0.1) is 0 Å². The summed E-state index contributed by atoms with van der Waals surface area (Å²) in [4.78, 5) is 0. The molecule has 0 amide bonds. The van der Waals surface area contributed by atoms with Gasteiger partial charge in [0.1, 0.15) is 0 Å². The highest BCUT2D eigenvalue weighted by Gasteiger charge is 2.59. The molecule has 0 aromatic heterocycles. The van der Waals surface area contributed by atoms with Crippen LogP contribution in [0.3, 0.4) is 0 Å². The van der Waals surface area contributed by atoms with E-state index in [0.717, 1.165) is 24.8 Å². The minimum absolute atomic E-state index is 0.0346. The predicted octanol–water partition coefficient (Wildman–Crippen LogP) is 10.3. The van der Waals surface area contributed by atoms with E-state index in [4.69, 9.17) is 13.2 Å². The van der Waals surface area contributed by atoms with Gasteiger partial charge < -0.3 is 0 Å². The molecule has 5 rings (SSSR count). The molecule has 0 heterocycles. The van der Waals surface area contributed by atoms with Crippen LogP contribution in [0.1, 0.15) is 82.2 Å². The Kier molecular flexibility index (Phi) is 5.83. The number of fused-ring (bicyclic) bond motifs is 3. The van der Waals surface area contributed by atoms with Crippen molar-refractivity contribution in [1.82, 2.24) is 0 Å². The Balaban J connectivity index is 1.70. The fourth-order valence-corrected chi connectivity index (χ4v) is 8.47. The lowest BCUT2D eigenvalue weighted by Gasteiger charge is -2.62. The third kappa shape index (κ3) is 3.56. The van der Waals surface area contributed by atoms with Crippen LogP contribution in [-0.2, 0) is 6.42 Å². The van der Waals surface area contributed by atoms with Gasteiger partial charge in [-0.25, -0.2) is 0 Å². The van der Waals surface area contributed by atoms with E-state index >= 15 is 0 Å². The predicted molar refractivity (Wildman–Crippen MR) is 162 cm³/mol. The summed E-state index contributed by atoms with van der Waals surface area (Å²) in [5, 5.41) is 0. The summed E-state index contributed by atoms with van der Waals surface area (Å²) in [6, 6.07) is 15.2. The monoisotopic (exact) mass is 486 g/mol. The lowest BCUT2D eigenvalue weighted by atomic mass is 9.41. The van der Waals surface area contributed by atoms with Crippen molar-refractivity contribution in [3.8, 4) is 0 Å². The zero-order chi connectivity index (χ0) is 26.9. The maximum absolute atomic E-state index is 4.80. The molecule has 0 unspecified atom stereocenters. The van der Waals surface area contributed by atoms with Crippen LogP contribution in [0.15, 0.2) is 95.6 Å². The van der Waals surface area contributed by atoms with Gasteiger partial charge in [0.2, 0.25) is 0 Å². The molecule has 3 aliphatic rings. The van der Waals surface area contributed by atoms with E-state index in [9.17, 15) is 0 Å².